The van der Waals surface area contributed by atoms with Crippen LogP contribution in [0.5, 0.6) is 5.75 Å². The summed E-state index contributed by atoms with van der Waals surface area (Å²) in [5.41, 5.74) is 0.464. The Bertz CT molecular complexity index is 627. The average Bonchev–Trinajstić information content (AvgIpc) is 2.46. The van der Waals surface area contributed by atoms with Crippen LogP contribution in [0.15, 0.2) is 46.9 Å². The summed E-state index contributed by atoms with van der Waals surface area (Å²) in [6.07, 6.45) is 0.732. The van der Waals surface area contributed by atoms with E-state index in [1.54, 1.807) is 6.07 Å². The molecule has 0 amide bonds. The van der Waals surface area contributed by atoms with E-state index in [-0.39, 0.29) is 30.4 Å². The molecule has 2 aromatic carbocycles. The highest BCUT2D eigenvalue weighted by molar-refractivity contribution is 9.10. The third-order valence-corrected chi connectivity index (χ3v) is 3.36. The molecule has 0 aliphatic rings. The highest BCUT2D eigenvalue weighted by Crippen LogP contribution is 2.21. The first-order chi connectivity index (χ1) is 10.1. The van der Waals surface area contributed by atoms with Gasteiger partial charge in [0, 0.05) is 16.5 Å². The molecule has 0 saturated carbocycles. The maximum absolute atomic E-state index is 13.5. The number of carbonyl (C=O) groups excluding carboxylic acids is 1. The van der Waals surface area contributed by atoms with Gasteiger partial charge in [0.1, 0.15) is 5.82 Å². The smallest absolute Gasteiger partial charge is 0.166 e. The summed E-state index contributed by atoms with van der Waals surface area (Å²) < 4.78 is 32.1. The quantitative estimate of drug-likeness (QED) is 0.551. The molecule has 0 heterocycles. The summed E-state index contributed by atoms with van der Waals surface area (Å²) in [5.74, 6) is -0.753. The predicted octanol–water partition coefficient (Wildman–Crippen LogP) is 4.77. The van der Waals surface area contributed by atoms with Crippen LogP contribution >= 0.6 is 15.9 Å². The van der Waals surface area contributed by atoms with Crippen molar-refractivity contribution in [3.63, 3.8) is 0 Å². The Labute approximate surface area is 129 Å². The lowest BCUT2D eigenvalue weighted by atomic mass is 10.1. The van der Waals surface area contributed by atoms with E-state index in [1.165, 1.54) is 36.4 Å². The minimum absolute atomic E-state index is 0.0881. The Morgan fingerprint density at radius 1 is 1.10 bits per heavy atom. The number of hydrogen-bond acceptors (Lipinski definition) is 2. The minimum Gasteiger partial charge on any atom is -0.491 e. The van der Waals surface area contributed by atoms with Crippen molar-refractivity contribution < 1.29 is 18.3 Å². The van der Waals surface area contributed by atoms with Crippen molar-refractivity contribution in [3.8, 4) is 5.75 Å². The van der Waals surface area contributed by atoms with Crippen LogP contribution in [-0.2, 0) is 0 Å². The molecule has 0 N–H and O–H groups in total. The lowest BCUT2D eigenvalue weighted by Gasteiger charge is -2.07. The summed E-state index contributed by atoms with van der Waals surface area (Å²) in [6.45, 7) is 0.242. The van der Waals surface area contributed by atoms with Gasteiger partial charge in [-0.2, -0.15) is 0 Å². The Hall–Kier alpha value is -1.75. The molecule has 0 aliphatic heterocycles. The molecule has 0 fully saturated rings. The maximum atomic E-state index is 13.5. The molecule has 2 nitrogen and oxygen atoms in total. The molecule has 0 aliphatic carbocycles. The molecule has 21 heavy (non-hydrogen) atoms. The standard InChI is InChI=1S/C16H13BrF2O2/c17-12-5-8-16(14(19)10-12)21-9-1-2-15(20)11-3-6-13(18)7-4-11/h3-8,10H,1-2,9H2. The van der Waals surface area contributed by atoms with Gasteiger partial charge in [0.15, 0.2) is 17.3 Å². The Morgan fingerprint density at radius 2 is 1.81 bits per heavy atom. The Kier molecular flexibility index (Phi) is 5.44. The van der Waals surface area contributed by atoms with Crippen LogP contribution in [0, 0.1) is 11.6 Å². The molecule has 2 rings (SSSR count). The van der Waals surface area contributed by atoms with E-state index in [0.717, 1.165) is 0 Å². The Balaban J connectivity index is 1.79. The zero-order valence-corrected chi connectivity index (χ0v) is 12.7. The number of halogens is 3. The fraction of sp³-hybridized carbons (Fsp3) is 0.188. The van der Waals surface area contributed by atoms with E-state index in [4.69, 9.17) is 4.74 Å². The normalized spacial score (nSPS) is 10.4. The predicted molar refractivity (Wildman–Crippen MR) is 79.6 cm³/mol. The first-order valence-corrected chi connectivity index (χ1v) is 7.22. The van der Waals surface area contributed by atoms with Gasteiger partial charge >= 0.3 is 0 Å². The molecule has 0 spiro atoms. The van der Waals surface area contributed by atoms with Gasteiger partial charge in [0.25, 0.3) is 0 Å². The molecule has 0 unspecified atom stereocenters. The monoisotopic (exact) mass is 354 g/mol. The van der Waals surface area contributed by atoms with Crippen molar-refractivity contribution in [2.75, 3.05) is 6.61 Å². The third-order valence-electron chi connectivity index (χ3n) is 2.87. The molecule has 0 atom stereocenters. The summed E-state index contributed by atoms with van der Waals surface area (Å²) in [5, 5.41) is 0. The molecule has 2 aromatic rings. The number of ether oxygens (including phenoxy) is 1. The van der Waals surface area contributed by atoms with Gasteiger partial charge in [-0.05, 0) is 48.9 Å². The van der Waals surface area contributed by atoms with Crippen molar-refractivity contribution >= 4 is 21.7 Å². The van der Waals surface area contributed by atoms with E-state index >= 15 is 0 Å². The van der Waals surface area contributed by atoms with Crippen LogP contribution in [-0.4, -0.2) is 12.4 Å². The van der Waals surface area contributed by atoms with Crippen LogP contribution in [0.4, 0.5) is 8.78 Å². The topological polar surface area (TPSA) is 26.3 Å². The van der Waals surface area contributed by atoms with Gasteiger partial charge in [-0.15, -0.1) is 0 Å². The summed E-state index contributed by atoms with van der Waals surface area (Å²) >= 11 is 3.16. The second kappa shape index (κ2) is 7.31. The zero-order chi connectivity index (χ0) is 15.2. The molecule has 5 heteroatoms. The van der Waals surface area contributed by atoms with Crippen molar-refractivity contribution in [2.24, 2.45) is 0 Å². The maximum Gasteiger partial charge on any atom is 0.166 e. The first-order valence-electron chi connectivity index (χ1n) is 6.43. The molecule has 0 bridgehead atoms. The molecule has 110 valence electrons. The van der Waals surface area contributed by atoms with Crippen molar-refractivity contribution in [1.82, 2.24) is 0 Å². The Morgan fingerprint density at radius 3 is 2.48 bits per heavy atom. The van der Waals surface area contributed by atoms with Crippen molar-refractivity contribution in [2.45, 2.75) is 12.8 Å². The summed E-state index contributed by atoms with van der Waals surface area (Å²) in [7, 11) is 0. The SMILES string of the molecule is O=C(CCCOc1ccc(Br)cc1F)c1ccc(F)cc1. The van der Waals surface area contributed by atoms with Crippen LogP contribution in [0.3, 0.4) is 0 Å². The van der Waals surface area contributed by atoms with Gasteiger partial charge in [-0.25, -0.2) is 8.78 Å². The van der Waals surface area contributed by atoms with Gasteiger partial charge in [0.05, 0.1) is 6.61 Å². The number of rotatable bonds is 6. The number of ketones is 1. The molecular formula is C16H13BrF2O2. The highest BCUT2D eigenvalue weighted by atomic mass is 79.9. The fourth-order valence-electron chi connectivity index (χ4n) is 1.79. The summed E-state index contributed by atoms with van der Waals surface area (Å²) in [4.78, 5) is 11.8. The first kappa shape index (κ1) is 15.6. The average molecular weight is 355 g/mol. The van der Waals surface area contributed by atoms with Crippen molar-refractivity contribution in [1.29, 1.82) is 0 Å². The van der Waals surface area contributed by atoms with Gasteiger partial charge < -0.3 is 4.74 Å². The van der Waals surface area contributed by atoms with Crippen LogP contribution in [0.25, 0.3) is 0 Å². The van der Waals surface area contributed by atoms with Gasteiger partial charge in [-0.1, -0.05) is 15.9 Å². The minimum atomic E-state index is -0.450. The highest BCUT2D eigenvalue weighted by Gasteiger charge is 2.07. The molecule has 0 aromatic heterocycles. The van der Waals surface area contributed by atoms with E-state index in [2.05, 4.69) is 15.9 Å². The van der Waals surface area contributed by atoms with E-state index in [0.29, 0.717) is 16.5 Å². The number of hydrogen-bond donors (Lipinski definition) is 0. The number of Topliss-reactive ketones (excluding diaryl/α,β-unsaturated/α-hetero) is 1. The zero-order valence-electron chi connectivity index (χ0n) is 11.1. The second-order valence-corrected chi connectivity index (χ2v) is 5.37. The van der Waals surface area contributed by atoms with E-state index in [9.17, 15) is 13.6 Å². The lowest BCUT2D eigenvalue weighted by molar-refractivity contribution is 0.0973. The number of benzene rings is 2. The largest absolute Gasteiger partial charge is 0.491 e. The molecular weight excluding hydrogens is 342 g/mol. The van der Waals surface area contributed by atoms with Crippen LogP contribution < -0.4 is 4.74 Å². The van der Waals surface area contributed by atoms with Gasteiger partial charge in [-0.3, -0.25) is 4.79 Å². The van der Waals surface area contributed by atoms with Crippen LogP contribution in [0.2, 0.25) is 0 Å². The fourth-order valence-corrected chi connectivity index (χ4v) is 2.12. The van der Waals surface area contributed by atoms with E-state index < -0.39 is 5.82 Å². The van der Waals surface area contributed by atoms with E-state index in [1.807, 2.05) is 0 Å². The summed E-state index contributed by atoms with van der Waals surface area (Å²) in [6, 6.07) is 9.93. The van der Waals surface area contributed by atoms with Gasteiger partial charge in [0.2, 0.25) is 0 Å². The molecule has 0 radical (unpaired) electrons. The third kappa shape index (κ3) is 4.63. The van der Waals surface area contributed by atoms with Crippen molar-refractivity contribution in [3.05, 3.63) is 64.1 Å². The molecule has 0 saturated heterocycles. The second-order valence-electron chi connectivity index (χ2n) is 4.46. The number of carbonyl (C=O) groups is 1. The van der Waals surface area contributed by atoms with Crippen LogP contribution in [0.1, 0.15) is 23.2 Å². The lowest BCUT2D eigenvalue weighted by Crippen LogP contribution is -2.04.